The van der Waals surface area contributed by atoms with E-state index in [1.54, 1.807) is 28.9 Å². The first kappa shape index (κ1) is 40.2. The number of fused-ring (bicyclic) bond motifs is 6. The molecule has 0 unspecified atom stereocenters. The summed E-state index contributed by atoms with van der Waals surface area (Å²) in [5.41, 5.74) is 4.35. The summed E-state index contributed by atoms with van der Waals surface area (Å²) in [5.74, 6) is -4.66. The van der Waals surface area contributed by atoms with Crippen molar-refractivity contribution in [2.45, 2.75) is 38.0 Å². The van der Waals surface area contributed by atoms with E-state index in [9.17, 15) is 35.9 Å². The zero-order chi connectivity index (χ0) is 38.9. The minimum atomic E-state index is -5.08. The van der Waals surface area contributed by atoms with Crippen LogP contribution in [-0.4, -0.2) is 84.2 Å². The smallest absolute Gasteiger partial charge is 0.475 e. The second-order valence-corrected chi connectivity index (χ2v) is 12.5. The van der Waals surface area contributed by atoms with Crippen LogP contribution in [-0.2, 0) is 27.2 Å². The number of aryl methyl sites for hydroxylation is 2. The number of carbonyl (C=O) groups excluding carboxylic acids is 2. The second-order valence-electron chi connectivity index (χ2n) is 11.2. The predicted octanol–water partition coefficient (Wildman–Crippen LogP) is 6.32. The quantitative estimate of drug-likeness (QED) is 0.144. The Kier molecular flexibility index (Phi) is 13.1. The van der Waals surface area contributed by atoms with Gasteiger partial charge in [-0.3, -0.25) is 14.6 Å². The third-order valence-corrected chi connectivity index (χ3v) is 8.31. The molecule has 6 bridgehead atoms. The van der Waals surface area contributed by atoms with E-state index in [-0.39, 0.29) is 17.7 Å². The van der Waals surface area contributed by atoms with Gasteiger partial charge in [-0.2, -0.15) is 31.3 Å². The van der Waals surface area contributed by atoms with Crippen molar-refractivity contribution in [3.63, 3.8) is 0 Å². The molecule has 5 N–H and O–H groups in total. The number of nitrogens with zero attached hydrogens (tertiary/aromatic N) is 5. The van der Waals surface area contributed by atoms with Gasteiger partial charge >= 0.3 is 24.3 Å². The van der Waals surface area contributed by atoms with Crippen molar-refractivity contribution in [3.8, 4) is 0 Å². The SMILES string of the molecule is O=C(C[C@@H]1CCN(C(=O)c2nccs2)C1)Nc1ccc2cc1CCc1cncc(c1)Nc1ncc(Cl)c(n1)N2.O=C(O)C(F)(F)F.O=C(O)C(F)(F)F. The predicted molar refractivity (Wildman–Crippen MR) is 178 cm³/mol. The normalized spacial score (nSPS) is 14.9. The van der Waals surface area contributed by atoms with E-state index in [0.29, 0.717) is 47.7 Å². The lowest BCUT2D eigenvalue weighted by Crippen LogP contribution is -2.29. The summed E-state index contributed by atoms with van der Waals surface area (Å²) in [6.45, 7) is 1.19. The van der Waals surface area contributed by atoms with Gasteiger partial charge in [0.1, 0.15) is 5.02 Å². The molecule has 0 saturated carbocycles. The Morgan fingerprint density at radius 3 is 2.28 bits per heavy atom. The maximum Gasteiger partial charge on any atom is 0.490 e. The first-order chi connectivity index (χ1) is 24.9. The van der Waals surface area contributed by atoms with Gasteiger partial charge in [-0.25, -0.2) is 19.6 Å². The number of carbonyl (C=O) groups is 4. The molecule has 3 aromatic heterocycles. The molecule has 1 aromatic carbocycles. The highest BCUT2D eigenvalue weighted by atomic mass is 35.5. The van der Waals surface area contributed by atoms with Crippen molar-refractivity contribution in [1.29, 1.82) is 0 Å². The van der Waals surface area contributed by atoms with Crippen LogP contribution < -0.4 is 16.0 Å². The minimum Gasteiger partial charge on any atom is -0.475 e. The highest BCUT2D eigenvalue weighted by Gasteiger charge is 2.39. The van der Waals surface area contributed by atoms with E-state index in [4.69, 9.17) is 31.4 Å². The zero-order valence-corrected chi connectivity index (χ0v) is 28.4. The Morgan fingerprint density at radius 2 is 1.64 bits per heavy atom. The molecule has 1 saturated heterocycles. The summed E-state index contributed by atoms with van der Waals surface area (Å²) < 4.78 is 63.5. The first-order valence-corrected chi connectivity index (χ1v) is 16.4. The van der Waals surface area contributed by atoms with E-state index in [2.05, 4.69) is 35.9 Å². The molecule has 2 aliphatic heterocycles. The lowest BCUT2D eigenvalue weighted by Gasteiger charge is -2.17. The summed E-state index contributed by atoms with van der Waals surface area (Å²) >= 11 is 7.70. The average Bonchev–Trinajstić information content (AvgIpc) is 3.79. The Morgan fingerprint density at radius 1 is 0.943 bits per heavy atom. The number of pyridine rings is 1. The number of aromatic nitrogens is 4. The molecule has 1 fully saturated rings. The van der Waals surface area contributed by atoms with Crippen molar-refractivity contribution in [2.24, 2.45) is 5.92 Å². The van der Waals surface area contributed by atoms with Gasteiger partial charge in [-0.1, -0.05) is 11.6 Å². The number of thiazole rings is 1. The largest absolute Gasteiger partial charge is 0.490 e. The lowest BCUT2D eigenvalue weighted by molar-refractivity contribution is -0.193. The fourth-order valence-electron chi connectivity index (χ4n) is 4.86. The number of amides is 2. The van der Waals surface area contributed by atoms with Crippen LogP contribution in [0.3, 0.4) is 0 Å². The molecule has 2 amide bonds. The van der Waals surface area contributed by atoms with Gasteiger partial charge in [0.15, 0.2) is 10.8 Å². The number of halogens is 7. The fourth-order valence-corrected chi connectivity index (χ4v) is 5.60. The summed E-state index contributed by atoms with van der Waals surface area (Å²) in [6.07, 6.45) is -0.893. The monoisotopic (exact) mass is 788 g/mol. The van der Waals surface area contributed by atoms with Gasteiger partial charge in [0.2, 0.25) is 11.9 Å². The molecule has 6 rings (SSSR count). The van der Waals surface area contributed by atoms with Crippen LogP contribution in [0.5, 0.6) is 0 Å². The highest BCUT2D eigenvalue weighted by molar-refractivity contribution is 7.11. The Hall–Kier alpha value is -5.57. The summed E-state index contributed by atoms with van der Waals surface area (Å²) in [5, 5.41) is 26.5. The van der Waals surface area contributed by atoms with E-state index >= 15 is 0 Å². The summed E-state index contributed by atoms with van der Waals surface area (Å²) in [7, 11) is 0. The number of benzene rings is 1. The van der Waals surface area contributed by atoms with Crippen molar-refractivity contribution in [2.75, 3.05) is 29.0 Å². The number of likely N-dealkylation sites (tertiary alicyclic amines) is 1. The number of hydrogen-bond acceptors (Lipinski definition) is 11. The van der Waals surface area contributed by atoms with Crippen LogP contribution in [0.2, 0.25) is 5.02 Å². The molecular weight excluding hydrogens is 762 g/mol. The average molecular weight is 789 g/mol. The molecule has 53 heavy (non-hydrogen) atoms. The third kappa shape index (κ3) is 12.0. The number of hydrogen-bond donors (Lipinski definition) is 5. The van der Waals surface area contributed by atoms with Gasteiger partial charge in [-0.05, 0) is 60.6 Å². The molecule has 22 heteroatoms. The Balaban J connectivity index is 0.000000381. The van der Waals surface area contributed by atoms with E-state index in [1.807, 2.05) is 30.5 Å². The van der Waals surface area contributed by atoms with Gasteiger partial charge in [-0.15, -0.1) is 11.3 Å². The number of nitrogens with one attached hydrogen (secondary N) is 3. The Labute approximate surface area is 304 Å². The van der Waals surface area contributed by atoms with Gasteiger partial charge in [0, 0.05) is 48.7 Å². The maximum absolute atomic E-state index is 13.1. The topological polar surface area (TPSA) is 200 Å². The maximum atomic E-state index is 13.1. The van der Waals surface area contributed by atoms with Crippen LogP contribution in [0.15, 0.2) is 54.4 Å². The summed E-state index contributed by atoms with van der Waals surface area (Å²) in [4.78, 5) is 62.5. The number of carboxylic acid groups (broad SMARTS) is 2. The number of rotatable bonds is 4. The van der Waals surface area contributed by atoms with Crippen LogP contribution in [0.1, 0.15) is 33.8 Å². The fraction of sp³-hybridized carbons (Fsp3) is 0.290. The van der Waals surface area contributed by atoms with Gasteiger partial charge < -0.3 is 31.1 Å². The molecular formula is C31H27ClF6N8O6S. The van der Waals surface area contributed by atoms with E-state index < -0.39 is 24.3 Å². The van der Waals surface area contributed by atoms with Crippen LogP contribution in [0, 0.1) is 5.92 Å². The number of carboxylic acids is 2. The number of aliphatic carboxylic acids is 2. The van der Waals surface area contributed by atoms with Gasteiger partial charge in [0.05, 0.1) is 18.1 Å². The molecule has 2 aliphatic rings. The van der Waals surface area contributed by atoms with Gasteiger partial charge in [0.25, 0.3) is 5.91 Å². The van der Waals surface area contributed by atoms with E-state index in [0.717, 1.165) is 41.0 Å². The van der Waals surface area contributed by atoms with E-state index in [1.165, 1.54) is 11.3 Å². The molecule has 4 aromatic rings. The number of alkyl halides is 6. The van der Waals surface area contributed by atoms with Crippen molar-refractivity contribution >= 4 is 75.5 Å². The zero-order valence-electron chi connectivity index (χ0n) is 26.8. The van der Waals surface area contributed by atoms with Crippen molar-refractivity contribution in [1.82, 2.24) is 24.8 Å². The highest BCUT2D eigenvalue weighted by Crippen LogP contribution is 2.30. The van der Waals surface area contributed by atoms with Crippen molar-refractivity contribution in [3.05, 3.63) is 75.6 Å². The lowest BCUT2D eigenvalue weighted by atomic mass is 10.0. The van der Waals surface area contributed by atoms with Crippen molar-refractivity contribution < 1.29 is 55.7 Å². The first-order valence-electron chi connectivity index (χ1n) is 15.1. The third-order valence-electron chi connectivity index (χ3n) is 7.27. The summed E-state index contributed by atoms with van der Waals surface area (Å²) in [6, 6.07) is 7.79. The molecule has 0 aliphatic carbocycles. The Bertz CT molecular complexity index is 1930. The standard InChI is InChI=1S/C27H25ClN8O2S.2C2HF3O2/c28-21-14-31-27-33-20-9-16(12-29-13-20)1-2-18-11-19(32-24(21)35-27)3-4-22(18)34-23(37)10-17-5-7-36(15-17)26(38)25-30-6-8-39-25;2*3-2(4,5)1(6)7/h3-4,6,8-9,11-14,17H,1-2,5,7,10,15H2,(H,34,37)(H2,31,32,33,35);2*(H,6,7)/t17-;;/m0../s1. The molecule has 1 atom stereocenters. The molecule has 0 spiro atoms. The minimum absolute atomic E-state index is 0.0630. The molecule has 0 radical (unpaired) electrons. The molecule has 282 valence electrons. The second kappa shape index (κ2) is 17.3. The molecule has 14 nitrogen and oxygen atoms in total. The van der Waals surface area contributed by atoms with Crippen LogP contribution >= 0.6 is 22.9 Å². The molecule has 5 heterocycles. The van der Waals surface area contributed by atoms with Crippen LogP contribution in [0.25, 0.3) is 0 Å². The number of anilines is 5. The van der Waals surface area contributed by atoms with Crippen LogP contribution in [0.4, 0.5) is 55.2 Å².